The Morgan fingerprint density at radius 3 is 2.13 bits per heavy atom. The van der Waals surface area contributed by atoms with E-state index in [9.17, 15) is 27.6 Å². The molecule has 0 atom stereocenters. The molecule has 0 saturated carbocycles. The Kier molecular flexibility index (Phi) is 17.0. The Hall–Kier alpha value is -5.57. The van der Waals surface area contributed by atoms with Crippen LogP contribution in [-0.4, -0.2) is 68.7 Å². The number of carbonyl (C=O) groups is 3. The van der Waals surface area contributed by atoms with E-state index < -0.39 is 17.8 Å². The summed E-state index contributed by atoms with van der Waals surface area (Å²) in [6.07, 6.45) is 3.48. The summed E-state index contributed by atoms with van der Waals surface area (Å²) in [7, 11) is 0. The van der Waals surface area contributed by atoms with Crippen LogP contribution in [0, 0.1) is 0 Å². The van der Waals surface area contributed by atoms with Crippen molar-refractivity contribution in [1.29, 1.82) is 0 Å². The van der Waals surface area contributed by atoms with Crippen LogP contribution < -0.4 is 14.6 Å². The van der Waals surface area contributed by atoms with Crippen molar-refractivity contribution in [3.05, 3.63) is 106 Å². The molecule has 19 heteroatoms. The van der Waals surface area contributed by atoms with E-state index in [1.807, 2.05) is 6.07 Å². The maximum Gasteiger partial charge on any atom is 2.00 e. The van der Waals surface area contributed by atoms with Crippen molar-refractivity contribution >= 4 is 50.8 Å². The molecule has 0 unspecified atom stereocenters. The molecule has 6 aromatic rings. The number of aromatic nitrogens is 6. The van der Waals surface area contributed by atoms with Crippen molar-refractivity contribution in [2.75, 3.05) is 0 Å². The second-order valence-electron chi connectivity index (χ2n) is 10.6. The third-order valence-electron chi connectivity index (χ3n) is 7.01. The number of pyridine rings is 4. The van der Waals surface area contributed by atoms with Crippen LogP contribution in [0.15, 0.2) is 85.3 Å². The number of hydrogen-bond acceptors (Lipinski definition) is 11. The quantitative estimate of drug-likeness (QED) is 0.0583. The predicted molar refractivity (Wildman–Crippen MR) is 194 cm³/mol. The van der Waals surface area contributed by atoms with Gasteiger partial charge in [-0.15, -0.1) is 0 Å². The first-order chi connectivity index (χ1) is 26.0. The van der Waals surface area contributed by atoms with Crippen molar-refractivity contribution in [2.24, 2.45) is 0 Å². The number of alkyl halides is 3. The topological polar surface area (TPSA) is 191 Å². The summed E-state index contributed by atoms with van der Waals surface area (Å²) in [6.45, 7) is 2.71. The van der Waals surface area contributed by atoms with Gasteiger partial charge in [-0.05, 0) is 18.2 Å². The maximum atomic E-state index is 12.6. The summed E-state index contributed by atoms with van der Waals surface area (Å²) in [5, 5.41) is 24.3. The molecule has 1 N–H and O–H groups in total. The molecular weight excluding hydrogens is 896 g/mol. The van der Waals surface area contributed by atoms with Crippen LogP contribution in [0.3, 0.4) is 0 Å². The van der Waals surface area contributed by atoms with E-state index in [0.29, 0.717) is 31.6 Å². The summed E-state index contributed by atoms with van der Waals surface area (Å²) in [6, 6.07) is 17.4. The van der Waals surface area contributed by atoms with Gasteiger partial charge in [-0.3, -0.25) is 19.6 Å². The van der Waals surface area contributed by atoms with Crippen molar-refractivity contribution < 1.29 is 61.6 Å². The molecule has 0 aliphatic heterocycles. The Labute approximate surface area is 335 Å². The zero-order valence-corrected chi connectivity index (χ0v) is 32.5. The van der Waals surface area contributed by atoms with Crippen LogP contribution in [0.2, 0.25) is 0 Å². The fraction of sp³-hybridized carbons (Fsp3) is 0.139. The van der Waals surface area contributed by atoms with Gasteiger partial charge in [0, 0.05) is 30.6 Å². The van der Waals surface area contributed by atoms with E-state index >= 15 is 0 Å². The van der Waals surface area contributed by atoms with Gasteiger partial charge in [-0.2, -0.15) is 5.16 Å². The number of carbonyl (C=O) groups excluding carboxylic acids is 2. The number of nitrogens with zero attached hydrogens (tertiary/aromatic N) is 7. The van der Waals surface area contributed by atoms with Crippen molar-refractivity contribution in [2.45, 2.75) is 32.4 Å². The van der Waals surface area contributed by atoms with E-state index in [4.69, 9.17) is 20.0 Å². The van der Waals surface area contributed by atoms with Gasteiger partial charge < -0.3 is 20.0 Å². The number of halogens is 3. The number of hydrogen-bond donors (Lipinski definition) is 1. The maximum absolute atomic E-state index is 12.6. The third-order valence-corrected chi connectivity index (χ3v) is 9.51. The average Bonchev–Trinajstić information content (AvgIpc) is 3.87. The van der Waals surface area contributed by atoms with Gasteiger partial charge in [0.25, 0.3) is 12.9 Å². The molecule has 0 radical (unpaired) electrons. The summed E-state index contributed by atoms with van der Waals surface area (Å²) in [5.74, 6) is -0.693. The van der Waals surface area contributed by atoms with Crippen LogP contribution in [0.5, 0.6) is 11.5 Å². The van der Waals surface area contributed by atoms with E-state index in [0.717, 1.165) is 18.1 Å². The van der Waals surface area contributed by atoms with Gasteiger partial charge in [0.15, 0.2) is 0 Å². The molecule has 0 fully saturated rings. The number of carboxylic acids is 1. The van der Waals surface area contributed by atoms with Gasteiger partial charge in [-0.25, -0.2) is 9.78 Å². The largest absolute Gasteiger partial charge is 2.00 e. The van der Waals surface area contributed by atoms with Gasteiger partial charge in [0.1, 0.15) is 11.5 Å². The molecule has 0 bridgehead atoms. The van der Waals surface area contributed by atoms with Crippen LogP contribution in [-0.2, 0) is 41.7 Å². The monoisotopic (exact) mass is 923 g/mol. The Balaban J connectivity index is 0.000000273. The zero-order chi connectivity index (χ0) is 39.1. The molecule has 0 saturated heterocycles. The van der Waals surface area contributed by atoms with Gasteiger partial charge in [0.05, 0.1) is 28.3 Å². The molecule has 13 nitrogen and oxygen atoms in total. The molecule has 0 aliphatic rings. The minimum Gasteiger partial charge on any atom is -0.753 e. The summed E-state index contributed by atoms with van der Waals surface area (Å²) >= 11 is 4.01. The van der Waals surface area contributed by atoms with E-state index in [1.54, 1.807) is 12.3 Å². The molecular formula is C36H26F3N7O6RuSSe. The number of unbranched alkanes of at least 4 members (excludes halogenated alkanes) is 1. The van der Waals surface area contributed by atoms with E-state index in [2.05, 4.69) is 61.4 Å². The molecule has 6 aromatic heterocycles. The van der Waals surface area contributed by atoms with Gasteiger partial charge >= 0.3 is 169 Å². The molecule has 0 spiro atoms. The van der Waals surface area contributed by atoms with E-state index in [-0.39, 0.29) is 66.6 Å². The van der Waals surface area contributed by atoms with Gasteiger partial charge in [-0.1, -0.05) is 12.2 Å². The first-order valence-electron chi connectivity index (χ1n) is 15.5. The van der Waals surface area contributed by atoms with Crippen LogP contribution in [0.4, 0.5) is 13.2 Å². The first kappa shape index (κ1) is 43.8. The first-order valence-corrected chi connectivity index (χ1v) is 17.6. The molecule has 0 aliphatic carbocycles. The minimum absolute atomic E-state index is 0. The summed E-state index contributed by atoms with van der Waals surface area (Å²) in [5.41, 5.74) is 1.79. The smallest absolute Gasteiger partial charge is 0.753 e. The number of aryl methyl sites for hydroxylation is 1. The van der Waals surface area contributed by atoms with Gasteiger partial charge in [0.2, 0.25) is 0 Å². The standard InChI is InChI=1S/C18H11N3O6.C17H15F3N3Se.CNS.Ru/c22-9-26-12-2-4-20-15(6-12)17-8-13(27-10-23)7-16(21-17)14-5-11(18(24)25)1-3-19-14;1-2-3-4-12-6-8-15(24-12)11-5-7-13(21-10-11)14-9-16(23-22-14)17(18,19)20;2-1-3;/h1-10H,(H,24,25);5-10H,2-4H2,1H3;;/q;2*-1;+2. The minimum atomic E-state index is -4.48. The second-order valence-corrected chi connectivity index (χ2v) is 13.3. The summed E-state index contributed by atoms with van der Waals surface area (Å²) in [4.78, 5) is 49.3. The Bertz CT molecular complexity index is 2250. The van der Waals surface area contributed by atoms with Crippen molar-refractivity contribution in [3.8, 4) is 55.7 Å². The Morgan fingerprint density at radius 2 is 1.55 bits per heavy atom. The number of isothiocyanates is 1. The Morgan fingerprint density at radius 1 is 0.909 bits per heavy atom. The van der Waals surface area contributed by atoms with Crippen molar-refractivity contribution in [3.63, 3.8) is 0 Å². The summed E-state index contributed by atoms with van der Waals surface area (Å²) < 4.78 is 50.1. The fourth-order valence-electron chi connectivity index (χ4n) is 4.54. The molecule has 0 amide bonds. The molecule has 282 valence electrons. The van der Waals surface area contributed by atoms with Crippen LogP contribution in [0.1, 0.15) is 40.3 Å². The van der Waals surface area contributed by atoms with E-state index in [1.165, 1.54) is 75.7 Å². The molecule has 6 rings (SSSR count). The SMILES string of the molecule is CCCCc1ccc(-c2ccc(-c3cc(C(F)(F)F)n[n-]3)nc2)[se]1.O=COc1ccnc(-c2cc(OC=O)cc(-c3cc(C(=O)O)ccn3)n2)c1.[N-]=C=S.[Ru+2]. The van der Waals surface area contributed by atoms with Crippen LogP contribution >= 0.6 is 12.2 Å². The fourth-order valence-corrected chi connectivity index (χ4v) is 6.72. The molecule has 55 heavy (non-hydrogen) atoms. The molecule has 0 aromatic carbocycles. The number of thiocarbonyl (C=S) groups is 1. The third kappa shape index (κ3) is 12.8. The second kappa shape index (κ2) is 21.4. The normalized spacial score (nSPS) is 10.3. The number of rotatable bonds is 12. The number of carboxylic acid groups (broad SMARTS) is 1. The molecule has 6 heterocycles. The van der Waals surface area contributed by atoms with Crippen molar-refractivity contribution in [1.82, 2.24) is 30.1 Å². The van der Waals surface area contributed by atoms with Crippen LogP contribution in [0.25, 0.3) is 49.6 Å². The number of ether oxygens (including phenoxy) is 2. The zero-order valence-electron chi connectivity index (χ0n) is 28.3. The average molecular weight is 922 g/mol. The predicted octanol–water partition coefficient (Wildman–Crippen LogP) is 6.82. The number of aromatic carboxylic acids is 1.